The van der Waals surface area contributed by atoms with Crippen molar-refractivity contribution < 1.29 is 0 Å². The number of aryl methyl sites for hydroxylation is 3. The normalized spacial score (nSPS) is 10.8. The Morgan fingerprint density at radius 1 is 1.18 bits per heavy atom. The molecule has 0 amide bonds. The monoisotopic (exact) mass is 229 g/mol. The van der Waals surface area contributed by atoms with Crippen molar-refractivity contribution in [2.45, 2.75) is 27.3 Å². The Hall–Kier alpha value is -1.61. The van der Waals surface area contributed by atoms with Crippen LogP contribution in [0.5, 0.6) is 0 Å². The number of rotatable bonds is 3. The molecule has 3 heteroatoms. The number of hydrogen-bond donors (Lipinski definition) is 1. The van der Waals surface area contributed by atoms with Crippen LogP contribution in [0.3, 0.4) is 0 Å². The summed E-state index contributed by atoms with van der Waals surface area (Å²) >= 11 is 0. The third-order valence-corrected chi connectivity index (χ3v) is 2.95. The molecule has 0 aliphatic rings. The molecule has 0 atom stereocenters. The van der Waals surface area contributed by atoms with Gasteiger partial charge in [0.25, 0.3) is 0 Å². The highest BCUT2D eigenvalue weighted by Gasteiger charge is 2.05. The topological polar surface area (TPSA) is 29.9 Å². The van der Waals surface area contributed by atoms with Crippen LogP contribution < -0.4 is 5.32 Å². The van der Waals surface area contributed by atoms with E-state index >= 15 is 0 Å². The van der Waals surface area contributed by atoms with Crippen LogP contribution in [-0.4, -0.2) is 16.8 Å². The Morgan fingerprint density at radius 2 is 1.94 bits per heavy atom. The zero-order valence-corrected chi connectivity index (χ0v) is 10.9. The van der Waals surface area contributed by atoms with Gasteiger partial charge in [-0.25, -0.2) is 4.68 Å². The first-order valence-corrected chi connectivity index (χ1v) is 5.89. The molecule has 0 saturated heterocycles. The molecular formula is C14H19N3. The van der Waals surface area contributed by atoms with Crippen LogP contribution in [0.15, 0.2) is 24.3 Å². The molecule has 0 aliphatic heterocycles. The van der Waals surface area contributed by atoms with Gasteiger partial charge in [0.2, 0.25) is 0 Å². The highest BCUT2D eigenvalue weighted by Crippen LogP contribution is 2.16. The average molecular weight is 229 g/mol. The fourth-order valence-corrected chi connectivity index (χ4v) is 2.09. The molecule has 2 rings (SSSR count). The van der Waals surface area contributed by atoms with E-state index in [1.807, 2.05) is 18.7 Å². The van der Waals surface area contributed by atoms with Crippen LogP contribution in [0.4, 0.5) is 0 Å². The predicted molar refractivity (Wildman–Crippen MR) is 70.5 cm³/mol. The molecule has 0 fully saturated rings. The summed E-state index contributed by atoms with van der Waals surface area (Å²) < 4.78 is 1.99. The Kier molecular flexibility index (Phi) is 3.29. The highest BCUT2D eigenvalue weighted by molar-refractivity contribution is 5.40. The SMILES string of the molecule is CNCc1ccc(-n2nc(C)cc2C)cc1C. The second-order valence-corrected chi connectivity index (χ2v) is 4.48. The van der Waals surface area contributed by atoms with Crippen LogP contribution in [0, 0.1) is 20.8 Å². The Bertz CT molecular complexity index is 526. The molecule has 1 N–H and O–H groups in total. The fourth-order valence-electron chi connectivity index (χ4n) is 2.09. The van der Waals surface area contributed by atoms with Gasteiger partial charge < -0.3 is 5.32 Å². The Balaban J connectivity index is 2.41. The number of nitrogens with one attached hydrogen (secondary N) is 1. The van der Waals surface area contributed by atoms with Crippen molar-refractivity contribution in [3.8, 4) is 5.69 Å². The molecule has 0 saturated carbocycles. The molecule has 3 nitrogen and oxygen atoms in total. The maximum absolute atomic E-state index is 4.50. The van der Waals surface area contributed by atoms with E-state index in [0.717, 1.165) is 17.9 Å². The van der Waals surface area contributed by atoms with E-state index in [9.17, 15) is 0 Å². The molecule has 90 valence electrons. The van der Waals surface area contributed by atoms with Crippen LogP contribution in [0.2, 0.25) is 0 Å². The van der Waals surface area contributed by atoms with Gasteiger partial charge >= 0.3 is 0 Å². The number of benzene rings is 1. The van der Waals surface area contributed by atoms with Gasteiger partial charge in [-0.15, -0.1) is 0 Å². The molecule has 0 aliphatic carbocycles. The molecule has 1 heterocycles. The van der Waals surface area contributed by atoms with E-state index < -0.39 is 0 Å². The highest BCUT2D eigenvalue weighted by atomic mass is 15.3. The first kappa shape index (κ1) is 11.9. The predicted octanol–water partition coefficient (Wildman–Crippen LogP) is 2.52. The van der Waals surface area contributed by atoms with Gasteiger partial charge in [-0.05, 0) is 57.1 Å². The van der Waals surface area contributed by atoms with Gasteiger partial charge in [0.15, 0.2) is 0 Å². The summed E-state index contributed by atoms with van der Waals surface area (Å²) in [4.78, 5) is 0. The van der Waals surface area contributed by atoms with Crippen molar-refractivity contribution in [2.75, 3.05) is 7.05 Å². The molecule has 0 spiro atoms. The maximum atomic E-state index is 4.50. The summed E-state index contributed by atoms with van der Waals surface area (Å²) in [5, 5.41) is 7.68. The van der Waals surface area contributed by atoms with Gasteiger partial charge in [0.1, 0.15) is 0 Å². The molecule has 0 bridgehead atoms. The van der Waals surface area contributed by atoms with E-state index in [0.29, 0.717) is 0 Å². The lowest BCUT2D eigenvalue weighted by Gasteiger charge is -2.09. The zero-order chi connectivity index (χ0) is 12.4. The third kappa shape index (κ3) is 2.39. The average Bonchev–Trinajstić information content (AvgIpc) is 2.61. The van der Waals surface area contributed by atoms with Crippen LogP contribution in [0.25, 0.3) is 5.69 Å². The molecule has 2 aromatic rings. The van der Waals surface area contributed by atoms with E-state index in [-0.39, 0.29) is 0 Å². The summed E-state index contributed by atoms with van der Waals surface area (Å²) in [5.74, 6) is 0. The van der Waals surface area contributed by atoms with Gasteiger partial charge in [-0.1, -0.05) is 6.07 Å². The maximum Gasteiger partial charge on any atom is 0.0651 e. The minimum Gasteiger partial charge on any atom is -0.316 e. The second kappa shape index (κ2) is 4.72. The van der Waals surface area contributed by atoms with Crippen LogP contribution >= 0.6 is 0 Å². The van der Waals surface area contributed by atoms with Gasteiger partial charge in [-0.2, -0.15) is 5.10 Å². The van der Waals surface area contributed by atoms with Crippen molar-refractivity contribution in [3.63, 3.8) is 0 Å². The zero-order valence-electron chi connectivity index (χ0n) is 10.9. The lowest BCUT2D eigenvalue weighted by atomic mass is 10.1. The smallest absolute Gasteiger partial charge is 0.0651 e. The van der Waals surface area contributed by atoms with Crippen molar-refractivity contribution in [1.82, 2.24) is 15.1 Å². The molecule has 1 aromatic carbocycles. The third-order valence-electron chi connectivity index (χ3n) is 2.95. The first-order chi connectivity index (χ1) is 8.11. The number of hydrogen-bond acceptors (Lipinski definition) is 2. The summed E-state index contributed by atoms with van der Waals surface area (Å²) in [6.07, 6.45) is 0. The van der Waals surface area contributed by atoms with Crippen molar-refractivity contribution in [2.24, 2.45) is 0 Å². The summed E-state index contributed by atoms with van der Waals surface area (Å²) in [6, 6.07) is 8.57. The van der Waals surface area contributed by atoms with E-state index in [1.54, 1.807) is 0 Å². The quantitative estimate of drug-likeness (QED) is 0.876. The number of aromatic nitrogens is 2. The van der Waals surface area contributed by atoms with Gasteiger partial charge in [0.05, 0.1) is 11.4 Å². The molecular weight excluding hydrogens is 210 g/mol. The van der Waals surface area contributed by atoms with Gasteiger partial charge in [0, 0.05) is 12.2 Å². The van der Waals surface area contributed by atoms with Crippen LogP contribution in [0.1, 0.15) is 22.5 Å². The summed E-state index contributed by atoms with van der Waals surface area (Å²) in [6.45, 7) is 7.15. The fraction of sp³-hybridized carbons (Fsp3) is 0.357. The lowest BCUT2D eigenvalue weighted by molar-refractivity contribution is 0.804. The molecule has 1 aromatic heterocycles. The lowest BCUT2D eigenvalue weighted by Crippen LogP contribution is -2.07. The van der Waals surface area contributed by atoms with E-state index in [2.05, 4.69) is 48.5 Å². The largest absolute Gasteiger partial charge is 0.316 e. The summed E-state index contributed by atoms with van der Waals surface area (Å²) in [7, 11) is 1.97. The Labute approximate surface area is 102 Å². The van der Waals surface area contributed by atoms with Crippen LogP contribution in [-0.2, 0) is 6.54 Å². The van der Waals surface area contributed by atoms with E-state index in [4.69, 9.17) is 0 Å². The minimum atomic E-state index is 0.906. The molecule has 0 unspecified atom stereocenters. The number of nitrogens with zero attached hydrogens (tertiary/aromatic N) is 2. The Morgan fingerprint density at radius 3 is 2.47 bits per heavy atom. The second-order valence-electron chi connectivity index (χ2n) is 4.48. The van der Waals surface area contributed by atoms with Crippen molar-refractivity contribution in [1.29, 1.82) is 0 Å². The molecule has 0 radical (unpaired) electrons. The van der Waals surface area contributed by atoms with Gasteiger partial charge in [-0.3, -0.25) is 0 Å². The standard InChI is InChI=1S/C14H19N3/c1-10-7-14(6-5-13(10)9-15-4)17-12(3)8-11(2)16-17/h5-8,15H,9H2,1-4H3. The van der Waals surface area contributed by atoms with E-state index in [1.165, 1.54) is 16.8 Å². The molecule has 17 heavy (non-hydrogen) atoms. The van der Waals surface area contributed by atoms with Crippen molar-refractivity contribution in [3.05, 3.63) is 46.8 Å². The van der Waals surface area contributed by atoms with Crippen molar-refractivity contribution >= 4 is 0 Å². The minimum absolute atomic E-state index is 0.906. The first-order valence-electron chi connectivity index (χ1n) is 5.89. The summed E-state index contributed by atoms with van der Waals surface area (Å²) in [5.41, 5.74) is 5.98.